The van der Waals surface area contributed by atoms with E-state index in [0.717, 1.165) is 28.1 Å². The van der Waals surface area contributed by atoms with Crippen LogP contribution in [0.4, 0.5) is 0 Å². The Bertz CT molecular complexity index is 1070. The Morgan fingerprint density at radius 2 is 1.60 bits per heavy atom. The van der Waals surface area contributed by atoms with Crippen molar-refractivity contribution in [1.29, 1.82) is 0 Å². The highest BCUT2D eigenvalue weighted by Crippen LogP contribution is 2.32. The Morgan fingerprint density at radius 3 is 2.30 bits per heavy atom. The van der Waals surface area contributed by atoms with Crippen molar-refractivity contribution in [3.8, 4) is 22.6 Å². The zero-order valence-corrected chi connectivity index (χ0v) is 17.1. The first-order chi connectivity index (χ1) is 14.7. The molecule has 0 aliphatic rings. The van der Waals surface area contributed by atoms with Gasteiger partial charge in [-0.3, -0.25) is 4.79 Å². The lowest BCUT2D eigenvalue weighted by atomic mass is 10.1. The van der Waals surface area contributed by atoms with Gasteiger partial charge in [0.1, 0.15) is 5.69 Å². The summed E-state index contributed by atoms with van der Waals surface area (Å²) in [5.74, 6) is 1.21. The van der Waals surface area contributed by atoms with Crippen LogP contribution in [0.15, 0.2) is 89.3 Å². The van der Waals surface area contributed by atoms with Gasteiger partial charge in [0.2, 0.25) is 5.91 Å². The van der Waals surface area contributed by atoms with E-state index >= 15 is 0 Å². The SMILES string of the molecule is O=C(CCc1nc(-c2ccccc2)c(-c2ccccc2)o1)NCc1cccc(Cl)c1. The van der Waals surface area contributed by atoms with Gasteiger partial charge in [-0.2, -0.15) is 0 Å². The van der Waals surface area contributed by atoms with Crippen molar-refractivity contribution in [3.05, 3.63) is 101 Å². The summed E-state index contributed by atoms with van der Waals surface area (Å²) in [6.45, 7) is 0.440. The summed E-state index contributed by atoms with van der Waals surface area (Å²) in [6.07, 6.45) is 0.720. The lowest BCUT2D eigenvalue weighted by Gasteiger charge is -2.05. The minimum absolute atomic E-state index is 0.0595. The van der Waals surface area contributed by atoms with Crippen molar-refractivity contribution >= 4 is 17.5 Å². The van der Waals surface area contributed by atoms with Crippen LogP contribution in [0.1, 0.15) is 17.9 Å². The first-order valence-corrected chi connectivity index (χ1v) is 10.2. The second-order valence-corrected chi connectivity index (χ2v) is 7.36. The van der Waals surface area contributed by atoms with E-state index in [1.54, 1.807) is 0 Å². The Hall–Kier alpha value is -3.37. The van der Waals surface area contributed by atoms with Gasteiger partial charge in [0, 0.05) is 35.5 Å². The fourth-order valence-corrected chi connectivity index (χ4v) is 3.42. The summed E-state index contributed by atoms with van der Waals surface area (Å²) in [5.41, 5.74) is 3.69. The third-order valence-electron chi connectivity index (χ3n) is 4.70. The molecular formula is C25H21ClN2O2. The van der Waals surface area contributed by atoms with Crippen LogP contribution < -0.4 is 5.32 Å². The maximum absolute atomic E-state index is 12.3. The number of oxazole rings is 1. The molecule has 0 radical (unpaired) electrons. The molecule has 1 aromatic heterocycles. The second kappa shape index (κ2) is 9.42. The van der Waals surface area contributed by atoms with Crippen LogP contribution in [-0.4, -0.2) is 10.9 Å². The topological polar surface area (TPSA) is 55.1 Å². The summed E-state index contributed by atoms with van der Waals surface area (Å²) in [6, 6.07) is 27.3. The molecule has 0 unspecified atom stereocenters. The molecule has 4 aromatic rings. The Morgan fingerprint density at radius 1 is 0.900 bits per heavy atom. The molecule has 0 atom stereocenters. The Kier molecular flexibility index (Phi) is 6.26. The van der Waals surface area contributed by atoms with Crippen LogP contribution in [0.25, 0.3) is 22.6 Å². The average Bonchev–Trinajstić information content (AvgIpc) is 3.22. The monoisotopic (exact) mass is 416 g/mol. The van der Waals surface area contributed by atoms with Crippen LogP contribution in [0, 0.1) is 0 Å². The molecule has 3 aromatic carbocycles. The number of benzene rings is 3. The van der Waals surface area contributed by atoms with Gasteiger partial charge in [-0.25, -0.2) is 4.98 Å². The van der Waals surface area contributed by atoms with Gasteiger partial charge in [-0.05, 0) is 17.7 Å². The fourth-order valence-electron chi connectivity index (χ4n) is 3.20. The highest BCUT2D eigenvalue weighted by Gasteiger charge is 2.17. The molecular weight excluding hydrogens is 396 g/mol. The molecule has 0 bridgehead atoms. The zero-order valence-electron chi connectivity index (χ0n) is 16.3. The van der Waals surface area contributed by atoms with E-state index in [0.29, 0.717) is 30.3 Å². The lowest BCUT2D eigenvalue weighted by molar-refractivity contribution is -0.121. The van der Waals surface area contributed by atoms with Gasteiger partial charge in [-0.1, -0.05) is 84.4 Å². The lowest BCUT2D eigenvalue weighted by Crippen LogP contribution is -2.23. The van der Waals surface area contributed by atoms with Crippen molar-refractivity contribution in [2.45, 2.75) is 19.4 Å². The number of aryl methyl sites for hydroxylation is 1. The number of rotatable bonds is 7. The molecule has 1 amide bonds. The number of aromatic nitrogens is 1. The summed E-state index contributed by atoms with van der Waals surface area (Å²) < 4.78 is 6.08. The van der Waals surface area contributed by atoms with Gasteiger partial charge in [0.15, 0.2) is 11.7 Å². The van der Waals surface area contributed by atoms with E-state index in [2.05, 4.69) is 5.32 Å². The normalized spacial score (nSPS) is 10.7. The molecule has 4 nitrogen and oxygen atoms in total. The van der Waals surface area contributed by atoms with E-state index in [1.165, 1.54) is 0 Å². The Labute approximate surface area is 180 Å². The molecule has 0 fully saturated rings. The number of hydrogen-bond acceptors (Lipinski definition) is 3. The third-order valence-corrected chi connectivity index (χ3v) is 4.93. The first-order valence-electron chi connectivity index (χ1n) is 9.81. The molecule has 1 heterocycles. The average molecular weight is 417 g/mol. The largest absolute Gasteiger partial charge is 0.440 e. The molecule has 0 saturated carbocycles. The summed E-state index contributed by atoms with van der Waals surface area (Å²) in [7, 11) is 0. The first kappa shape index (κ1) is 19.9. The smallest absolute Gasteiger partial charge is 0.220 e. The van der Waals surface area contributed by atoms with Gasteiger partial charge in [0.25, 0.3) is 0 Å². The van der Waals surface area contributed by atoms with Crippen molar-refractivity contribution in [3.63, 3.8) is 0 Å². The summed E-state index contributed by atoms with van der Waals surface area (Å²) >= 11 is 5.99. The number of halogens is 1. The maximum Gasteiger partial charge on any atom is 0.220 e. The predicted molar refractivity (Wildman–Crippen MR) is 119 cm³/mol. The predicted octanol–water partition coefficient (Wildman–Crippen LogP) is 5.91. The van der Waals surface area contributed by atoms with Gasteiger partial charge in [0.05, 0.1) is 0 Å². The van der Waals surface area contributed by atoms with Gasteiger partial charge in [-0.15, -0.1) is 0 Å². The Balaban J connectivity index is 1.46. The quantitative estimate of drug-likeness (QED) is 0.407. The molecule has 5 heteroatoms. The molecule has 1 N–H and O–H groups in total. The summed E-state index contributed by atoms with van der Waals surface area (Å²) in [4.78, 5) is 17.0. The molecule has 0 aliphatic heterocycles. The number of nitrogens with one attached hydrogen (secondary N) is 1. The summed E-state index contributed by atoms with van der Waals surface area (Å²) in [5, 5.41) is 3.57. The standard InChI is InChI=1S/C25H21ClN2O2/c26-21-13-7-8-18(16-21)17-27-22(29)14-15-23-28-24(19-9-3-1-4-10-19)25(30-23)20-11-5-2-6-12-20/h1-13,16H,14-15,17H2,(H,27,29). The zero-order chi connectivity index (χ0) is 20.8. The molecule has 0 saturated heterocycles. The molecule has 4 rings (SSSR count). The minimum Gasteiger partial charge on any atom is -0.440 e. The number of carbonyl (C=O) groups excluding carboxylic acids is 1. The van der Waals surface area contributed by atoms with Crippen LogP contribution in [0.3, 0.4) is 0 Å². The molecule has 0 spiro atoms. The van der Waals surface area contributed by atoms with Crippen molar-refractivity contribution < 1.29 is 9.21 Å². The van der Waals surface area contributed by atoms with E-state index in [4.69, 9.17) is 21.0 Å². The third kappa shape index (κ3) is 4.97. The number of amides is 1. The van der Waals surface area contributed by atoms with E-state index in [9.17, 15) is 4.79 Å². The van der Waals surface area contributed by atoms with E-state index in [1.807, 2.05) is 84.9 Å². The molecule has 0 aliphatic carbocycles. The van der Waals surface area contributed by atoms with Crippen molar-refractivity contribution in [2.24, 2.45) is 0 Å². The number of nitrogens with zero attached hydrogens (tertiary/aromatic N) is 1. The van der Waals surface area contributed by atoms with Crippen LogP contribution >= 0.6 is 11.6 Å². The van der Waals surface area contributed by atoms with Crippen molar-refractivity contribution in [2.75, 3.05) is 0 Å². The van der Waals surface area contributed by atoms with Crippen molar-refractivity contribution in [1.82, 2.24) is 10.3 Å². The maximum atomic E-state index is 12.3. The highest BCUT2D eigenvalue weighted by atomic mass is 35.5. The fraction of sp³-hybridized carbons (Fsp3) is 0.120. The van der Waals surface area contributed by atoms with Crippen LogP contribution in [0.5, 0.6) is 0 Å². The second-order valence-electron chi connectivity index (χ2n) is 6.92. The number of carbonyl (C=O) groups is 1. The molecule has 150 valence electrons. The number of hydrogen-bond donors (Lipinski definition) is 1. The van der Waals surface area contributed by atoms with E-state index < -0.39 is 0 Å². The van der Waals surface area contributed by atoms with Gasteiger partial charge >= 0.3 is 0 Å². The van der Waals surface area contributed by atoms with E-state index in [-0.39, 0.29) is 5.91 Å². The van der Waals surface area contributed by atoms with Gasteiger partial charge < -0.3 is 9.73 Å². The van der Waals surface area contributed by atoms with Crippen LogP contribution in [0.2, 0.25) is 5.02 Å². The molecule has 30 heavy (non-hydrogen) atoms. The minimum atomic E-state index is -0.0595. The van der Waals surface area contributed by atoms with Crippen LogP contribution in [-0.2, 0) is 17.8 Å². The highest BCUT2D eigenvalue weighted by molar-refractivity contribution is 6.30.